The third-order valence-electron chi connectivity index (χ3n) is 4.28. The van der Waals surface area contributed by atoms with E-state index in [1.54, 1.807) is 0 Å². The van der Waals surface area contributed by atoms with E-state index in [4.69, 9.17) is 21.2 Å². The zero-order chi connectivity index (χ0) is 16.2. The Hall–Kier alpha value is -1.75. The average Bonchev–Trinajstić information content (AvgIpc) is 3.06. The largest absolute Gasteiger partial charge is 0.490 e. The lowest BCUT2D eigenvalue weighted by Crippen LogP contribution is -2.46. The molecule has 0 aliphatic carbocycles. The number of carbonyl (C=O) groups excluding carboxylic acids is 1. The molecule has 0 saturated carbocycles. The minimum Gasteiger partial charge on any atom is -0.490 e. The number of amides is 1. The molecule has 0 radical (unpaired) electrons. The number of halogens is 1. The van der Waals surface area contributed by atoms with Gasteiger partial charge in [0.1, 0.15) is 11.9 Å². The molecule has 0 aromatic heterocycles. The second-order valence-corrected chi connectivity index (χ2v) is 6.34. The van der Waals surface area contributed by atoms with Crippen molar-refractivity contribution in [3.63, 3.8) is 0 Å². The summed E-state index contributed by atoms with van der Waals surface area (Å²) in [7, 11) is 0. The van der Waals surface area contributed by atoms with Gasteiger partial charge in [-0.2, -0.15) is 0 Å². The summed E-state index contributed by atoms with van der Waals surface area (Å²) in [6.45, 7) is 3.41. The van der Waals surface area contributed by atoms with E-state index in [2.05, 4.69) is 5.16 Å². The van der Waals surface area contributed by atoms with Crippen molar-refractivity contribution < 1.29 is 14.4 Å². The summed E-state index contributed by atoms with van der Waals surface area (Å²) in [5.74, 6) is 0.862. The fraction of sp³-hybridized carbons (Fsp3) is 0.529. The molecule has 0 spiro atoms. The molecule has 2 aliphatic rings. The van der Waals surface area contributed by atoms with Gasteiger partial charge in [0.05, 0.1) is 5.71 Å². The zero-order valence-corrected chi connectivity index (χ0v) is 14.0. The summed E-state index contributed by atoms with van der Waals surface area (Å²) in [6, 6.07) is 7.38. The topological polar surface area (TPSA) is 51.1 Å². The number of nitrogens with zero attached hydrogens (tertiary/aromatic N) is 2. The molecule has 1 aromatic rings. The second-order valence-electron chi connectivity index (χ2n) is 5.91. The number of ether oxygens (including phenoxy) is 1. The first-order valence-electron chi connectivity index (χ1n) is 8.08. The van der Waals surface area contributed by atoms with Gasteiger partial charge in [0.25, 0.3) is 5.91 Å². The monoisotopic (exact) mass is 336 g/mol. The molecule has 3 rings (SSSR count). The molecular formula is C17H21ClN2O3. The highest BCUT2D eigenvalue weighted by Crippen LogP contribution is 2.23. The highest BCUT2D eigenvalue weighted by molar-refractivity contribution is 6.30. The Morgan fingerprint density at radius 2 is 2.04 bits per heavy atom. The summed E-state index contributed by atoms with van der Waals surface area (Å²) in [4.78, 5) is 19.6. The molecule has 23 heavy (non-hydrogen) atoms. The summed E-state index contributed by atoms with van der Waals surface area (Å²) < 4.78 is 5.95. The van der Waals surface area contributed by atoms with Crippen LogP contribution in [0.2, 0.25) is 5.02 Å². The molecule has 0 unspecified atom stereocenters. The highest BCUT2D eigenvalue weighted by Gasteiger charge is 2.33. The molecule has 1 aromatic carbocycles. The maximum Gasteiger partial charge on any atom is 0.266 e. The van der Waals surface area contributed by atoms with Crippen molar-refractivity contribution in [1.29, 1.82) is 0 Å². The van der Waals surface area contributed by atoms with E-state index in [1.165, 1.54) is 0 Å². The molecule has 1 fully saturated rings. The van der Waals surface area contributed by atoms with Crippen LogP contribution >= 0.6 is 11.6 Å². The number of rotatable bonds is 4. The Morgan fingerprint density at radius 1 is 1.35 bits per heavy atom. The number of oxime groups is 1. The van der Waals surface area contributed by atoms with Gasteiger partial charge in [0.2, 0.25) is 6.10 Å². The first-order valence-corrected chi connectivity index (χ1v) is 8.46. The Kier molecular flexibility index (Phi) is 5.06. The van der Waals surface area contributed by atoms with Crippen molar-refractivity contribution in [2.75, 3.05) is 13.1 Å². The number of likely N-dealkylation sites (tertiary alicyclic amines) is 1. The summed E-state index contributed by atoms with van der Waals surface area (Å²) >= 11 is 5.87. The van der Waals surface area contributed by atoms with Crippen LogP contribution in [0.3, 0.4) is 0 Å². The molecule has 1 atom stereocenters. The van der Waals surface area contributed by atoms with Crippen molar-refractivity contribution in [1.82, 2.24) is 4.90 Å². The quantitative estimate of drug-likeness (QED) is 0.848. The molecule has 124 valence electrons. The van der Waals surface area contributed by atoms with Gasteiger partial charge in [-0.05, 0) is 30.7 Å². The third kappa shape index (κ3) is 3.96. The summed E-state index contributed by atoms with van der Waals surface area (Å²) in [5.41, 5.74) is 0.962. The zero-order valence-electron chi connectivity index (χ0n) is 13.2. The van der Waals surface area contributed by atoms with Gasteiger partial charge >= 0.3 is 0 Å². The van der Waals surface area contributed by atoms with Crippen molar-refractivity contribution in [3.05, 3.63) is 29.3 Å². The number of benzene rings is 1. The lowest BCUT2D eigenvalue weighted by atomic mass is 10.1. The van der Waals surface area contributed by atoms with Gasteiger partial charge in [-0.15, -0.1) is 0 Å². The highest BCUT2D eigenvalue weighted by atomic mass is 35.5. The van der Waals surface area contributed by atoms with Crippen LogP contribution in [0, 0.1) is 0 Å². The Balaban J connectivity index is 1.47. The summed E-state index contributed by atoms with van der Waals surface area (Å²) in [6.07, 6.45) is 2.80. The minimum absolute atomic E-state index is 0.0437. The molecule has 2 heterocycles. The lowest BCUT2D eigenvalue weighted by molar-refractivity contribution is -0.143. The standard InChI is InChI=1S/C17H21ClN2O3/c1-2-13-11-16(23-19-13)17(21)20-9-7-15(8-10-20)22-14-5-3-12(18)4-6-14/h3-6,15-16H,2,7-11H2,1H3/t16-/m1/s1. The van der Waals surface area contributed by atoms with Crippen LogP contribution in [-0.4, -0.2) is 41.8 Å². The van der Waals surface area contributed by atoms with Gasteiger partial charge in [-0.3, -0.25) is 4.79 Å². The number of piperidine rings is 1. The fourth-order valence-electron chi connectivity index (χ4n) is 2.87. The molecule has 6 heteroatoms. The van der Waals surface area contributed by atoms with E-state index < -0.39 is 6.10 Å². The predicted molar refractivity (Wildman–Crippen MR) is 88.9 cm³/mol. The van der Waals surface area contributed by atoms with E-state index in [-0.39, 0.29) is 12.0 Å². The maximum atomic E-state index is 12.4. The molecular weight excluding hydrogens is 316 g/mol. The van der Waals surface area contributed by atoms with Gasteiger partial charge in [-0.1, -0.05) is 23.7 Å². The lowest BCUT2D eigenvalue weighted by Gasteiger charge is -2.33. The van der Waals surface area contributed by atoms with Crippen LogP contribution in [0.15, 0.2) is 29.4 Å². The number of hydrogen-bond acceptors (Lipinski definition) is 4. The SMILES string of the molecule is CCC1=NO[C@@H](C(=O)N2CCC(Oc3ccc(Cl)cc3)CC2)C1. The van der Waals surface area contributed by atoms with Crippen LogP contribution in [0.5, 0.6) is 5.75 Å². The Labute approximate surface area is 141 Å². The Morgan fingerprint density at radius 3 is 2.65 bits per heavy atom. The van der Waals surface area contributed by atoms with Gasteiger partial charge in [0, 0.05) is 37.4 Å². The van der Waals surface area contributed by atoms with Crippen LogP contribution in [0.1, 0.15) is 32.6 Å². The van der Waals surface area contributed by atoms with E-state index in [0.717, 1.165) is 30.7 Å². The van der Waals surface area contributed by atoms with Crippen LogP contribution < -0.4 is 4.74 Å². The second kappa shape index (κ2) is 7.21. The van der Waals surface area contributed by atoms with Crippen molar-refractivity contribution in [2.24, 2.45) is 5.16 Å². The van der Waals surface area contributed by atoms with E-state index in [0.29, 0.717) is 24.5 Å². The van der Waals surface area contributed by atoms with E-state index in [1.807, 2.05) is 36.1 Å². The van der Waals surface area contributed by atoms with Gasteiger partial charge in [-0.25, -0.2) is 0 Å². The maximum absolute atomic E-state index is 12.4. The van der Waals surface area contributed by atoms with Crippen LogP contribution in [-0.2, 0) is 9.63 Å². The molecule has 0 bridgehead atoms. The first kappa shape index (κ1) is 16.1. The van der Waals surface area contributed by atoms with Crippen molar-refractivity contribution in [2.45, 2.75) is 44.8 Å². The summed E-state index contributed by atoms with van der Waals surface area (Å²) in [5, 5.41) is 4.66. The molecule has 1 saturated heterocycles. The van der Waals surface area contributed by atoms with Crippen molar-refractivity contribution >= 4 is 23.2 Å². The van der Waals surface area contributed by atoms with Crippen LogP contribution in [0.4, 0.5) is 0 Å². The van der Waals surface area contributed by atoms with Crippen molar-refractivity contribution in [3.8, 4) is 5.75 Å². The van der Waals surface area contributed by atoms with E-state index in [9.17, 15) is 4.79 Å². The fourth-order valence-corrected chi connectivity index (χ4v) is 3.00. The molecule has 2 aliphatic heterocycles. The molecule has 1 amide bonds. The first-order chi connectivity index (χ1) is 11.2. The smallest absolute Gasteiger partial charge is 0.266 e. The third-order valence-corrected chi connectivity index (χ3v) is 4.54. The molecule has 0 N–H and O–H groups in total. The molecule has 5 nitrogen and oxygen atoms in total. The Bertz CT molecular complexity index is 580. The normalized spacial score (nSPS) is 21.7. The number of hydrogen-bond donors (Lipinski definition) is 0. The van der Waals surface area contributed by atoms with Gasteiger partial charge in [0.15, 0.2) is 0 Å². The van der Waals surface area contributed by atoms with E-state index >= 15 is 0 Å². The van der Waals surface area contributed by atoms with Crippen LogP contribution in [0.25, 0.3) is 0 Å². The average molecular weight is 337 g/mol. The van der Waals surface area contributed by atoms with Gasteiger partial charge < -0.3 is 14.5 Å². The predicted octanol–water partition coefficient (Wildman–Crippen LogP) is 3.26. The number of carbonyl (C=O) groups is 1. The minimum atomic E-state index is -0.432.